The Morgan fingerprint density at radius 3 is 1.48 bits per heavy atom. The van der Waals surface area contributed by atoms with E-state index in [2.05, 4.69) is 0 Å². The summed E-state index contributed by atoms with van der Waals surface area (Å²) in [5.74, 6) is -2.95. The van der Waals surface area contributed by atoms with Gasteiger partial charge in [0.15, 0.2) is 6.17 Å². The van der Waals surface area contributed by atoms with Crippen LogP contribution in [0.1, 0.15) is 47.9 Å². The summed E-state index contributed by atoms with van der Waals surface area (Å²) in [4.78, 5) is 47.6. The molecule has 0 spiro atoms. The number of aromatic carboxylic acids is 1. The van der Waals surface area contributed by atoms with Gasteiger partial charge in [0.1, 0.15) is 18.8 Å². The second kappa shape index (κ2) is 15.8. The Morgan fingerprint density at radius 1 is 0.636 bits per heavy atom. The summed E-state index contributed by atoms with van der Waals surface area (Å²) in [6.07, 6.45) is -5.87. The van der Waals surface area contributed by atoms with E-state index < -0.39 is 55.2 Å². The highest BCUT2D eigenvalue weighted by Crippen LogP contribution is 2.28. The summed E-state index contributed by atoms with van der Waals surface area (Å²) in [5.41, 5.74) is 1.15. The summed E-state index contributed by atoms with van der Waals surface area (Å²) < 4.78 is 37.0. The molecule has 226 valence electrons. The fourth-order valence-corrected chi connectivity index (χ4v) is 4.14. The van der Waals surface area contributed by atoms with Gasteiger partial charge >= 0.3 is 23.9 Å². The van der Waals surface area contributed by atoms with Crippen molar-refractivity contribution in [3.63, 3.8) is 0 Å². The van der Waals surface area contributed by atoms with E-state index in [4.69, 9.17) is 24.1 Å². The normalized spacial score (nSPS) is 18.9. The molecule has 1 fully saturated rings. The van der Waals surface area contributed by atoms with Gasteiger partial charge in [-0.05, 0) is 48.5 Å². The first kappa shape index (κ1) is 31.6. The van der Waals surface area contributed by atoms with E-state index in [1.165, 1.54) is 0 Å². The van der Waals surface area contributed by atoms with Crippen LogP contribution in [-0.4, -0.2) is 60.3 Å². The number of benzene rings is 4. The van der Waals surface area contributed by atoms with Gasteiger partial charge in [0.05, 0.1) is 28.7 Å². The Morgan fingerprint density at radius 2 is 1.05 bits per heavy atom. The first-order valence-electron chi connectivity index (χ1n) is 13.6. The fraction of sp³-hybridized carbons (Fsp3) is 0.176. The van der Waals surface area contributed by atoms with Gasteiger partial charge in [0.2, 0.25) is 6.29 Å². The van der Waals surface area contributed by atoms with E-state index in [9.17, 15) is 19.2 Å². The smallest absolute Gasteiger partial charge is 0.340 e. The fourth-order valence-electron chi connectivity index (χ4n) is 4.14. The number of rotatable bonds is 8. The highest BCUT2D eigenvalue weighted by atomic mass is 19.1. The van der Waals surface area contributed by atoms with E-state index in [0.29, 0.717) is 5.56 Å². The van der Waals surface area contributed by atoms with Crippen LogP contribution >= 0.6 is 0 Å². The molecule has 9 nitrogen and oxygen atoms in total. The molecule has 0 bridgehead atoms. The Labute approximate surface area is 252 Å². The molecule has 4 atom stereocenters. The van der Waals surface area contributed by atoms with E-state index in [1.54, 1.807) is 121 Å². The Kier molecular flexibility index (Phi) is 11.3. The number of alkyl halides is 1. The number of ether oxygens (including phenoxy) is 4. The van der Waals surface area contributed by atoms with Crippen molar-refractivity contribution in [3.8, 4) is 0 Å². The average Bonchev–Trinajstić information content (AvgIpc) is 3.07. The third-order valence-corrected chi connectivity index (χ3v) is 6.39. The molecule has 44 heavy (non-hydrogen) atoms. The third kappa shape index (κ3) is 9.07. The maximum Gasteiger partial charge on any atom is 0.340 e. The Hall–Kier alpha value is -5.35. The van der Waals surface area contributed by atoms with Crippen molar-refractivity contribution < 1.29 is 47.6 Å². The molecule has 0 radical (unpaired) electrons. The number of carbonyl (C=O) groups excluding carboxylic acids is 3. The number of carbonyl (C=O) groups is 4. The topological polar surface area (TPSA) is 125 Å². The SMILES string of the molecule is O=C(O)c1ccccc1.O=C(OC[C@H]1OC(OC(=O)c2ccccc2)C[C@@H](OC(=O)c2ccccc2)[C@@H]1F)c1ccccc1. The molecular weight excluding hydrogens is 571 g/mol. The predicted molar refractivity (Wildman–Crippen MR) is 156 cm³/mol. The van der Waals surface area contributed by atoms with Crippen LogP contribution in [-0.2, 0) is 18.9 Å². The molecule has 0 aromatic heterocycles. The molecule has 0 aliphatic carbocycles. The maximum absolute atomic E-state index is 15.3. The molecule has 1 saturated heterocycles. The van der Waals surface area contributed by atoms with Gasteiger partial charge in [-0.25, -0.2) is 23.6 Å². The summed E-state index contributed by atoms with van der Waals surface area (Å²) >= 11 is 0. The van der Waals surface area contributed by atoms with Crippen molar-refractivity contribution in [1.82, 2.24) is 0 Å². The first-order valence-corrected chi connectivity index (χ1v) is 13.6. The second-order valence-corrected chi connectivity index (χ2v) is 9.50. The van der Waals surface area contributed by atoms with Crippen molar-refractivity contribution >= 4 is 23.9 Å². The molecule has 1 N–H and O–H groups in total. The third-order valence-electron chi connectivity index (χ3n) is 6.39. The lowest BCUT2D eigenvalue weighted by Gasteiger charge is -2.36. The molecule has 4 aromatic rings. The molecule has 1 aliphatic heterocycles. The Balaban J connectivity index is 0.000000421. The van der Waals surface area contributed by atoms with Crippen LogP contribution in [0.15, 0.2) is 121 Å². The number of hydrogen-bond donors (Lipinski definition) is 1. The van der Waals surface area contributed by atoms with Crippen LogP contribution < -0.4 is 0 Å². The van der Waals surface area contributed by atoms with Crippen LogP contribution in [0, 0.1) is 0 Å². The van der Waals surface area contributed by atoms with Crippen LogP contribution in [0.3, 0.4) is 0 Å². The van der Waals surface area contributed by atoms with Crippen LogP contribution in [0.25, 0.3) is 0 Å². The molecule has 5 rings (SSSR count). The van der Waals surface area contributed by atoms with Gasteiger partial charge in [-0.3, -0.25) is 0 Å². The monoisotopic (exact) mass is 600 g/mol. The maximum atomic E-state index is 15.3. The summed E-state index contributed by atoms with van der Waals surface area (Å²) in [7, 11) is 0. The quantitative estimate of drug-likeness (QED) is 0.198. The van der Waals surface area contributed by atoms with Gasteiger partial charge in [0.25, 0.3) is 0 Å². The predicted octanol–water partition coefficient (Wildman–Crippen LogP) is 5.76. The van der Waals surface area contributed by atoms with Crippen molar-refractivity contribution in [2.75, 3.05) is 6.61 Å². The molecule has 0 amide bonds. The van der Waals surface area contributed by atoms with Gasteiger partial charge in [0, 0.05) is 0 Å². The van der Waals surface area contributed by atoms with E-state index in [1.807, 2.05) is 0 Å². The number of halogens is 1. The second-order valence-electron chi connectivity index (χ2n) is 9.50. The Bertz CT molecular complexity index is 1520. The lowest BCUT2D eigenvalue weighted by molar-refractivity contribution is -0.224. The standard InChI is InChI=1S/C27H23FO7.C7H6O2/c28-24-21(34-26(30)19-12-6-2-7-13-19)16-23(35-27(31)20-14-8-3-9-15-20)33-22(24)17-32-25(29)18-10-4-1-5-11-18;8-7(9)6-4-2-1-3-5-6/h1-15,21-24H,16-17H2;1-5H,(H,8,9)/t21-,22-,23?,24+;/m1./s1. The number of hydrogen-bond acceptors (Lipinski definition) is 8. The summed E-state index contributed by atoms with van der Waals surface area (Å²) in [5, 5.41) is 8.38. The lowest BCUT2D eigenvalue weighted by atomic mass is 10.0. The minimum atomic E-state index is -1.82. The minimum absolute atomic E-state index is 0.221. The van der Waals surface area contributed by atoms with Crippen LogP contribution in [0.5, 0.6) is 0 Å². The van der Waals surface area contributed by atoms with Crippen molar-refractivity contribution in [1.29, 1.82) is 0 Å². The number of esters is 3. The molecule has 0 saturated carbocycles. The minimum Gasteiger partial charge on any atom is -0.478 e. The summed E-state index contributed by atoms with van der Waals surface area (Å²) in [6, 6.07) is 32.9. The largest absolute Gasteiger partial charge is 0.478 e. The molecule has 10 heteroatoms. The average molecular weight is 601 g/mol. The van der Waals surface area contributed by atoms with E-state index >= 15 is 4.39 Å². The molecule has 1 heterocycles. The lowest BCUT2D eigenvalue weighted by Crippen LogP contribution is -2.51. The van der Waals surface area contributed by atoms with Crippen molar-refractivity contribution in [2.45, 2.75) is 31.1 Å². The molecule has 4 aromatic carbocycles. The van der Waals surface area contributed by atoms with Gasteiger partial charge in [-0.2, -0.15) is 0 Å². The van der Waals surface area contributed by atoms with Crippen molar-refractivity contribution in [3.05, 3.63) is 144 Å². The van der Waals surface area contributed by atoms with Gasteiger partial charge in [-0.15, -0.1) is 0 Å². The molecular formula is C34H29FO9. The van der Waals surface area contributed by atoms with Crippen LogP contribution in [0.4, 0.5) is 4.39 Å². The zero-order valence-corrected chi connectivity index (χ0v) is 23.4. The zero-order chi connectivity index (χ0) is 31.3. The van der Waals surface area contributed by atoms with Crippen molar-refractivity contribution in [2.24, 2.45) is 0 Å². The van der Waals surface area contributed by atoms with Crippen LogP contribution in [0.2, 0.25) is 0 Å². The highest BCUT2D eigenvalue weighted by Gasteiger charge is 2.44. The van der Waals surface area contributed by atoms with E-state index in [-0.39, 0.29) is 23.1 Å². The number of carboxylic acid groups (broad SMARTS) is 1. The molecule has 1 aliphatic rings. The zero-order valence-electron chi connectivity index (χ0n) is 23.4. The summed E-state index contributed by atoms with van der Waals surface area (Å²) in [6.45, 7) is -0.465. The highest BCUT2D eigenvalue weighted by molar-refractivity contribution is 5.90. The van der Waals surface area contributed by atoms with E-state index in [0.717, 1.165) is 0 Å². The molecule has 1 unspecified atom stereocenters. The first-order chi connectivity index (χ1) is 21.3. The number of carboxylic acids is 1. The van der Waals surface area contributed by atoms with Gasteiger partial charge in [-0.1, -0.05) is 72.8 Å². The van der Waals surface area contributed by atoms with Gasteiger partial charge < -0.3 is 24.1 Å².